The molecular formula is C28H33N5O4. The minimum absolute atomic E-state index is 0.0772. The predicted octanol–water partition coefficient (Wildman–Crippen LogP) is 3.10. The van der Waals surface area contributed by atoms with Gasteiger partial charge in [-0.2, -0.15) is 0 Å². The number of benzene rings is 2. The lowest BCUT2D eigenvalue weighted by Crippen LogP contribution is -2.52. The number of piperazine rings is 1. The number of nitrogens with one attached hydrogen (secondary N) is 2. The average Bonchev–Trinajstić information content (AvgIpc) is 2.96. The fourth-order valence-corrected chi connectivity index (χ4v) is 4.19. The van der Waals surface area contributed by atoms with Crippen molar-refractivity contribution in [2.24, 2.45) is 0 Å². The van der Waals surface area contributed by atoms with Crippen molar-refractivity contribution in [2.45, 2.75) is 13.0 Å². The zero-order valence-corrected chi connectivity index (χ0v) is 21.3. The summed E-state index contributed by atoms with van der Waals surface area (Å²) in [6, 6.07) is 18.9. The number of urea groups is 1. The minimum Gasteiger partial charge on any atom is -0.497 e. The minimum atomic E-state index is -0.183. The van der Waals surface area contributed by atoms with Crippen molar-refractivity contribution < 1.29 is 19.1 Å². The Morgan fingerprint density at radius 2 is 1.46 bits per heavy atom. The smallest absolute Gasteiger partial charge is 0.317 e. The van der Waals surface area contributed by atoms with E-state index in [0.717, 1.165) is 29.0 Å². The molecule has 0 bridgehead atoms. The number of nitrogens with zero attached hydrogens (tertiary/aromatic N) is 3. The Kier molecular flexibility index (Phi) is 8.80. The predicted molar refractivity (Wildman–Crippen MR) is 142 cm³/mol. The summed E-state index contributed by atoms with van der Waals surface area (Å²) in [5.41, 5.74) is 2.64. The summed E-state index contributed by atoms with van der Waals surface area (Å²) in [7, 11) is 3.26. The molecular weight excluding hydrogens is 470 g/mol. The molecule has 2 heterocycles. The normalized spacial score (nSPS) is 13.1. The summed E-state index contributed by atoms with van der Waals surface area (Å²) in [6.45, 7) is 3.27. The first-order chi connectivity index (χ1) is 18.1. The number of amides is 3. The van der Waals surface area contributed by atoms with Gasteiger partial charge < -0.3 is 29.9 Å². The lowest BCUT2D eigenvalue weighted by atomic mass is 10.1. The van der Waals surface area contributed by atoms with Gasteiger partial charge in [-0.25, -0.2) is 9.78 Å². The Balaban J connectivity index is 1.26. The largest absolute Gasteiger partial charge is 0.497 e. The molecule has 1 aliphatic rings. The van der Waals surface area contributed by atoms with Gasteiger partial charge in [0.05, 0.1) is 19.8 Å². The van der Waals surface area contributed by atoms with Crippen LogP contribution in [0.2, 0.25) is 0 Å². The zero-order valence-electron chi connectivity index (χ0n) is 21.3. The monoisotopic (exact) mass is 503 g/mol. The van der Waals surface area contributed by atoms with Gasteiger partial charge in [-0.3, -0.25) is 4.79 Å². The number of aromatic nitrogens is 1. The molecule has 0 saturated carbocycles. The third-order valence-electron chi connectivity index (χ3n) is 6.36. The van der Waals surface area contributed by atoms with Gasteiger partial charge in [0, 0.05) is 45.5 Å². The average molecular weight is 504 g/mol. The summed E-state index contributed by atoms with van der Waals surface area (Å²) in [6.07, 6.45) is 2.44. The van der Waals surface area contributed by atoms with Crippen LogP contribution in [0.4, 0.5) is 10.6 Å². The van der Waals surface area contributed by atoms with Gasteiger partial charge >= 0.3 is 6.03 Å². The number of rotatable bonds is 9. The number of hydrogen-bond acceptors (Lipinski definition) is 6. The number of carbonyl (C=O) groups excluding carboxylic acids is 2. The van der Waals surface area contributed by atoms with Crippen molar-refractivity contribution in [3.63, 3.8) is 0 Å². The van der Waals surface area contributed by atoms with Gasteiger partial charge in [-0.15, -0.1) is 0 Å². The highest BCUT2D eigenvalue weighted by atomic mass is 16.5. The maximum atomic E-state index is 13.0. The summed E-state index contributed by atoms with van der Waals surface area (Å²) in [5.74, 6) is 2.04. The van der Waals surface area contributed by atoms with Crippen molar-refractivity contribution in [1.29, 1.82) is 0 Å². The van der Waals surface area contributed by atoms with Crippen LogP contribution in [0.25, 0.3) is 0 Å². The summed E-state index contributed by atoms with van der Waals surface area (Å²) in [5, 5.41) is 5.98. The van der Waals surface area contributed by atoms with Gasteiger partial charge in [0.2, 0.25) is 0 Å². The number of pyridine rings is 1. The van der Waals surface area contributed by atoms with Crippen LogP contribution in [0.3, 0.4) is 0 Å². The second kappa shape index (κ2) is 12.6. The van der Waals surface area contributed by atoms with E-state index >= 15 is 0 Å². The Labute approximate surface area is 217 Å². The first kappa shape index (κ1) is 25.8. The van der Waals surface area contributed by atoms with Gasteiger partial charge in [-0.05, 0) is 53.9 Å². The van der Waals surface area contributed by atoms with Crippen molar-refractivity contribution >= 4 is 17.8 Å². The molecule has 2 N–H and O–H groups in total. The molecule has 1 aromatic heterocycles. The molecule has 2 aromatic carbocycles. The number of anilines is 1. The molecule has 0 atom stereocenters. The van der Waals surface area contributed by atoms with E-state index in [0.29, 0.717) is 50.6 Å². The van der Waals surface area contributed by atoms with Gasteiger partial charge in [0.25, 0.3) is 5.91 Å². The highest BCUT2D eigenvalue weighted by molar-refractivity contribution is 5.98. The van der Waals surface area contributed by atoms with Crippen molar-refractivity contribution in [2.75, 3.05) is 51.8 Å². The Hall–Kier alpha value is -4.27. The molecule has 0 radical (unpaired) electrons. The van der Waals surface area contributed by atoms with Crippen LogP contribution in [-0.4, -0.2) is 68.8 Å². The van der Waals surface area contributed by atoms with Crippen LogP contribution < -0.4 is 25.0 Å². The first-order valence-electron chi connectivity index (χ1n) is 12.3. The van der Waals surface area contributed by atoms with Crippen LogP contribution in [0.5, 0.6) is 11.5 Å². The summed E-state index contributed by atoms with van der Waals surface area (Å²) >= 11 is 0. The van der Waals surface area contributed by atoms with Crippen molar-refractivity contribution in [1.82, 2.24) is 20.5 Å². The van der Waals surface area contributed by atoms with Crippen LogP contribution in [0.15, 0.2) is 66.9 Å². The maximum Gasteiger partial charge on any atom is 0.317 e. The van der Waals surface area contributed by atoms with Crippen LogP contribution in [0.1, 0.15) is 21.5 Å². The Bertz CT molecular complexity index is 1180. The topological polar surface area (TPSA) is 96.0 Å². The molecule has 4 rings (SSSR count). The van der Waals surface area contributed by atoms with E-state index in [-0.39, 0.29) is 11.9 Å². The van der Waals surface area contributed by atoms with Crippen molar-refractivity contribution in [3.8, 4) is 11.5 Å². The van der Waals surface area contributed by atoms with E-state index in [4.69, 9.17) is 9.47 Å². The van der Waals surface area contributed by atoms with Crippen LogP contribution >= 0.6 is 0 Å². The second-order valence-corrected chi connectivity index (χ2v) is 8.71. The molecule has 9 heteroatoms. The number of hydrogen-bond donors (Lipinski definition) is 2. The van der Waals surface area contributed by atoms with E-state index < -0.39 is 0 Å². The van der Waals surface area contributed by atoms with Gasteiger partial charge in [0.1, 0.15) is 17.3 Å². The van der Waals surface area contributed by atoms with E-state index in [1.165, 1.54) is 0 Å². The third-order valence-corrected chi connectivity index (χ3v) is 6.36. The van der Waals surface area contributed by atoms with Gasteiger partial charge in [-0.1, -0.05) is 24.3 Å². The molecule has 0 spiro atoms. The van der Waals surface area contributed by atoms with E-state index in [1.54, 1.807) is 37.4 Å². The number of ether oxygens (including phenoxy) is 2. The first-order valence-corrected chi connectivity index (χ1v) is 12.3. The van der Waals surface area contributed by atoms with E-state index in [1.807, 2.05) is 48.5 Å². The fraction of sp³-hybridized carbons (Fsp3) is 0.321. The van der Waals surface area contributed by atoms with Crippen LogP contribution in [-0.2, 0) is 13.0 Å². The Morgan fingerprint density at radius 3 is 2.08 bits per heavy atom. The molecule has 1 aliphatic heterocycles. The lowest BCUT2D eigenvalue weighted by Gasteiger charge is -2.36. The quantitative estimate of drug-likeness (QED) is 0.466. The maximum absolute atomic E-state index is 13.0. The number of methoxy groups -OCH3 is 2. The van der Waals surface area contributed by atoms with E-state index in [9.17, 15) is 9.59 Å². The molecule has 0 aliphatic carbocycles. The zero-order chi connectivity index (χ0) is 26.0. The molecule has 37 heavy (non-hydrogen) atoms. The fourth-order valence-electron chi connectivity index (χ4n) is 4.19. The van der Waals surface area contributed by atoms with Gasteiger partial charge in [0.15, 0.2) is 0 Å². The lowest BCUT2D eigenvalue weighted by molar-refractivity contribution is 0.0950. The highest BCUT2D eigenvalue weighted by Gasteiger charge is 2.24. The molecule has 194 valence electrons. The molecule has 0 unspecified atom stereocenters. The third kappa shape index (κ3) is 6.91. The number of carbonyl (C=O) groups is 2. The van der Waals surface area contributed by atoms with E-state index in [2.05, 4.69) is 20.5 Å². The standard InChI is InChI=1S/C28H33N5O4/c1-36-23-9-5-21(6-10-23)13-15-30-28(35)33-18-16-32(17-19-33)26-25(4-3-14-29-26)27(34)31-20-22-7-11-24(37-2)12-8-22/h3-12,14H,13,15-20H2,1-2H3,(H,30,35)(H,31,34). The van der Waals surface area contributed by atoms with Crippen molar-refractivity contribution in [3.05, 3.63) is 83.6 Å². The highest BCUT2D eigenvalue weighted by Crippen LogP contribution is 2.20. The molecule has 3 aromatic rings. The van der Waals surface area contributed by atoms with Crippen LogP contribution in [0, 0.1) is 0 Å². The molecule has 3 amide bonds. The second-order valence-electron chi connectivity index (χ2n) is 8.71. The Morgan fingerprint density at radius 1 is 0.838 bits per heavy atom. The molecule has 1 fully saturated rings. The summed E-state index contributed by atoms with van der Waals surface area (Å²) in [4.78, 5) is 34.0. The SMILES string of the molecule is COc1ccc(CCNC(=O)N2CCN(c3ncccc3C(=O)NCc3ccc(OC)cc3)CC2)cc1. The molecule has 9 nitrogen and oxygen atoms in total. The summed E-state index contributed by atoms with van der Waals surface area (Å²) < 4.78 is 10.4. The molecule has 1 saturated heterocycles.